The van der Waals surface area contributed by atoms with Gasteiger partial charge in [0.1, 0.15) is 0 Å². The minimum atomic E-state index is -4.32. The van der Waals surface area contributed by atoms with E-state index in [0.29, 0.717) is 24.2 Å². The molecule has 6 heteroatoms. The standard InChI is InChI=1S/C14H17F3N2O/c15-14(16,17)12-4-2-1-3-11(12)13(20)19-10-7-5-9(18)6-8-10/h5-8,11-12H,1-4,18H2,(H,19,20). The van der Waals surface area contributed by atoms with Crippen LogP contribution in [0, 0.1) is 11.8 Å². The van der Waals surface area contributed by atoms with Gasteiger partial charge in [-0.25, -0.2) is 0 Å². The summed E-state index contributed by atoms with van der Waals surface area (Å²) < 4.78 is 38.8. The third kappa shape index (κ3) is 3.43. The summed E-state index contributed by atoms with van der Waals surface area (Å²) in [6.07, 6.45) is -2.82. The maximum Gasteiger partial charge on any atom is 0.392 e. The molecule has 0 spiro atoms. The first kappa shape index (κ1) is 14.7. The van der Waals surface area contributed by atoms with Crippen molar-refractivity contribution in [1.82, 2.24) is 0 Å². The van der Waals surface area contributed by atoms with Gasteiger partial charge in [0.25, 0.3) is 0 Å². The number of halogens is 3. The second-order valence-electron chi connectivity index (χ2n) is 5.15. The Morgan fingerprint density at radius 3 is 2.35 bits per heavy atom. The minimum Gasteiger partial charge on any atom is -0.399 e. The fourth-order valence-electron chi connectivity index (χ4n) is 2.64. The zero-order valence-electron chi connectivity index (χ0n) is 10.9. The van der Waals surface area contributed by atoms with Crippen LogP contribution in [-0.4, -0.2) is 12.1 Å². The van der Waals surface area contributed by atoms with Crippen molar-refractivity contribution in [3.05, 3.63) is 24.3 Å². The molecule has 110 valence electrons. The van der Waals surface area contributed by atoms with E-state index in [2.05, 4.69) is 5.32 Å². The van der Waals surface area contributed by atoms with Crippen LogP contribution in [0.3, 0.4) is 0 Å². The monoisotopic (exact) mass is 286 g/mol. The molecule has 1 amide bonds. The quantitative estimate of drug-likeness (QED) is 0.816. The summed E-state index contributed by atoms with van der Waals surface area (Å²) in [5.74, 6) is -3.09. The summed E-state index contributed by atoms with van der Waals surface area (Å²) in [7, 11) is 0. The van der Waals surface area contributed by atoms with E-state index in [0.717, 1.165) is 0 Å². The number of nitrogen functional groups attached to an aromatic ring is 1. The number of rotatable bonds is 2. The van der Waals surface area contributed by atoms with Crippen molar-refractivity contribution in [2.24, 2.45) is 11.8 Å². The van der Waals surface area contributed by atoms with E-state index < -0.39 is 23.9 Å². The molecule has 0 aliphatic heterocycles. The Morgan fingerprint density at radius 1 is 1.15 bits per heavy atom. The summed E-state index contributed by atoms with van der Waals surface area (Å²) >= 11 is 0. The van der Waals surface area contributed by atoms with E-state index in [1.807, 2.05) is 0 Å². The molecule has 1 fully saturated rings. The largest absolute Gasteiger partial charge is 0.399 e. The molecule has 0 bridgehead atoms. The van der Waals surface area contributed by atoms with Gasteiger partial charge in [-0.05, 0) is 37.1 Å². The molecule has 20 heavy (non-hydrogen) atoms. The number of carbonyl (C=O) groups is 1. The third-order valence-corrected chi connectivity index (χ3v) is 3.70. The van der Waals surface area contributed by atoms with Crippen molar-refractivity contribution in [2.75, 3.05) is 11.1 Å². The number of alkyl halides is 3. The fraction of sp³-hybridized carbons (Fsp3) is 0.500. The topological polar surface area (TPSA) is 55.1 Å². The predicted molar refractivity (Wildman–Crippen MR) is 71.0 cm³/mol. The molecule has 2 rings (SSSR count). The molecule has 3 N–H and O–H groups in total. The number of amides is 1. The normalized spacial score (nSPS) is 23.4. The maximum absolute atomic E-state index is 12.9. The van der Waals surface area contributed by atoms with Gasteiger partial charge in [-0.1, -0.05) is 12.8 Å². The SMILES string of the molecule is Nc1ccc(NC(=O)C2CCCCC2C(F)(F)F)cc1. The molecule has 2 atom stereocenters. The van der Waals surface area contributed by atoms with Gasteiger partial charge < -0.3 is 11.1 Å². The highest BCUT2D eigenvalue weighted by Gasteiger charge is 2.47. The van der Waals surface area contributed by atoms with E-state index in [9.17, 15) is 18.0 Å². The number of nitrogens with two attached hydrogens (primary N) is 1. The number of anilines is 2. The fourth-order valence-corrected chi connectivity index (χ4v) is 2.64. The van der Waals surface area contributed by atoms with Crippen molar-refractivity contribution in [1.29, 1.82) is 0 Å². The van der Waals surface area contributed by atoms with Crippen molar-refractivity contribution in [3.8, 4) is 0 Å². The lowest BCUT2D eigenvalue weighted by Crippen LogP contribution is -2.39. The number of hydrogen-bond donors (Lipinski definition) is 2. The van der Waals surface area contributed by atoms with E-state index in [1.165, 1.54) is 0 Å². The Kier molecular flexibility index (Phi) is 4.20. The van der Waals surface area contributed by atoms with Crippen LogP contribution in [0.5, 0.6) is 0 Å². The molecular formula is C14H17F3N2O. The predicted octanol–water partition coefficient (Wildman–Crippen LogP) is 3.58. The van der Waals surface area contributed by atoms with Gasteiger partial charge in [0.15, 0.2) is 0 Å². The van der Waals surface area contributed by atoms with Crippen LogP contribution >= 0.6 is 0 Å². The van der Waals surface area contributed by atoms with Crippen molar-refractivity contribution < 1.29 is 18.0 Å². The van der Waals surface area contributed by atoms with Crippen LogP contribution in [-0.2, 0) is 4.79 Å². The van der Waals surface area contributed by atoms with Crippen LogP contribution in [0.15, 0.2) is 24.3 Å². The second kappa shape index (κ2) is 5.73. The van der Waals surface area contributed by atoms with Gasteiger partial charge in [0, 0.05) is 17.3 Å². The zero-order chi connectivity index (χ0) is 14.8. The number of carbonyl (C=O) groups excluding carboxylic acids is 1. The maximum atomic E-state index is 12.9. The zero-order valence-corrected chi connectivity index (χ0v) is 10.9. The average molecular weight is 286 g/mol. The molecule has 1 aromatic carbocycles. The number of hydrogen-bond acceptors (Lipinski definition) is 2. The molecule has 1 aliphatic rings. The summed E-state index contributed by atoms with van der Waals surface area (Å²) in [4.78, 5) is 12.1. The summed E-state index contributed by atoms with van der Waals surface area (Å²) in [5, 5.41) is 2.55. The molecule has 0 aromatic heterocycles. The van der Waals surface area contributed by atoms with Gasteiger partial charge in [-0.3, -0.25) is 4.79 Å². The summed E-state index contributed by atoms with van der Waals surface area (Å²) in [6, 6.07) is 6.35. The molecule has 2 unspecified atom stereocenters. The molecule has 0 heterocycles. The molecule has 1 aromatic rings. The number of benzene rings is 1. The van der Waals surface area contributed by atoms with Crippen molar-refractivity contribution >= 4 is 17.3 Å². The third-order valence-electron chi connectivity index (χ3n) is 3.70. The number of nitrogens with one attached hydrogen (secondary N) is 1. The Bertz CT molecular complexity index is 470. The van der Waals surface area contributed by atoms with E-state index in [-0.39, 0.29) is 12.8 Å². The molecule has 1 saturated carbocycles. The smallest absolute Gasteiger partial charge is 0.392 e. The highest BCUT2D eigenvalue weighted by atomic mass is 19.4. The first-order valence-electron chi connectivity index (χ1n) is 6.61. The average Bonchev–Trinajstić information content (AvgIpc) is 2.40. The first-order chi connectivity index (χ1) is 9.38. The Balaban J connectivity index is 2.08. The Morgan fingerprint density at radius 2 is 1.75 bits per heavy atom. The second-order valence-corrected chi connectivity index (χ2v) is 5.15. The van der Waals surface area contributed by atoms with Crippen LogP contribution in [0.4, 0.5) is 24.5 Å². The molecule has 1 aliphatic carbocycles. The lowest BCUT2D eigenvalue weighted by Gasteiger charge is -2.31. The lowest BCUT2D eigenvalue weighted by atomic mass is 9.78. The lowest BCUT2D eigenvalue weighted by molar-refractivity contribution is -0.197. The van der Waals surface area contributed by atoms with Gasteiger partial charge in [0.2, 0.25) is 5.91 Å². The molecule has 3 nitrogen and oxygen atoms in total. The van der Waals surface area contributed by atoms with E-state index in [1.54, 1.807) is 24.3 Å². The van der Waals surface area contributed by atoms with Crippen molar-refractivity contribution in [3.63, 3.8) is 0 Å². The van der Waals surface area contributed by atoms with E-state index >= 15 is 0 Å². The van der Waals surface area contributed by atoms with Crippen LogP contribution in [0.2, 0.25) is 0 Å². The highest BCUT2D eigenvalue weighted by Crippen LogP contribution is 2.41. The molecule has 0 saturated heterocycles. The van der Waals surface area contributed by atoms with Crippen LogP contribution in [0.1, 0.15) is 25.7 Å². The molecule has 0 radical (unpaired) electrons. The Labute approximate surface area is 115 Å². The van der Waals surface area contributed by atoms with Crippen molar-refractivity contribution in [2.45, 2.75) is 31.9 Å². The summed E-state index contributed by atoms with van der Waals surface area (Å²) in [5.41, 5.74) is 6.52. The van der Waals surface area contributed by atoms with Gasteiger partial charge in [-0.2, -0.15) is 13.2 Å². The highest BCUT2D eigenvalue weighted by molar-refractivity contribution is 5.93. The molecular weight excluding hydrogens is 269 g/mol. The minimum absolute atomic E-state index is 0.0311. The van der Waals surface area contributed by atoms with Crippen LogP contribution < -0.4 is 11.1 Å². The van der Waals surface area contributed by atoms with Gasteiger partial charge in [0.05, 0.1) is 5.92 Å². The first-order valence-corrected chi connectivity index (χ1v) is 6.61. The van der Waals surface area contributed by atoms with Gasteiger partial charge >= 0.3 is 6.18 Å². The van der Waals surface area contributed by atoms with Gasteiger partial charge in [-0.15, -0.1) is 0 Å². The van der Waals surface area contributed by atoms with Crippen LogP contribution in [0.25, 0.3) is 0 Å². The van der Waals surface area contributed by atoms with E-state index in [4.69, 9.17) is 5.73 Å². The summed E-state index contributed by atoms with van der Waals surface area (Å²) in [6.45, 7) is 0. The Hall–Kier alpha value is -1.72.